The minimum Gasteiger partial charge on any atom is -0.336 e. The maximum atomic E-state index is 12.6. The average molecular weight is 314 g/mol. The van der Waals surface area contributed by atoms with E-state index in [4.69, 9.17) is 11.6 Å². The molecular weight excluding hydrogens is 294 g/mol. The molecule has 1 heterocycles. The Morgan fingerprint density at radius 3 is 2.55 bits per heavy atom. The van der Waals surface area contributed by atoms with Crippen LogP contribution in [0.25, 0.3) is 0 Å². The van der Waals surface area contributed by atoms with Crippen LogP contribution in [0.5, 0.6) is 0 Å². The highest BCUT2D eigenvalue weighted by Crippen LogP contribution is 2.33. The molecule has 3 rings (SSSR count). The SMILES string of the molecule is O=C(CCc1ccccc1)N1CCC[C@H]1c1ccc(Cl)cc1. The minimum absolute atomic E-state index is 0.209. The molecule has 3 heteroatoms. The van der Waals surface area contributed by atoms with Crippen LogP contribution < -0.4 is 0 Å². The Hall–Kier alpha value is -1.80. The molecule has 0 saturated carbocycles. The lowest BCUT2D eigenvalue weighted by Gasteiger charge is -2.25. The van der Waals surface area contributed by atoms with Crippen LogP contribution in [0.1, 0.15) is 36.4 Å². The van der Waals surface area contributed by atoms with Crippen molar-refractivity contribution < 1.29 is 4.79 Å². The van der Waals surface area contributed by atoms with Crippen LogP contribution in [-0.4, -0.2) is 17.4 Å². The number of benzene rings is 2. The van der Waals surface area contributed by atoms with Gasteiger partial charge in [-0.25, -0.2) is 0 Å². The first-order chi connectivity index (χ1) is 10.7. The minimum atomic E-state index is 0.209. The van der Waals surface area contributed by atoms with Crippen LogP contribution in [0.15, 0.2) is 54.6 Å². The molecule has 0 bridgehead atoms. The maximum absolute atomic E-state index is 12.6. The second kappa shape index (κ2) is 6.97. The van der Waals surface area contributed by atoms with Crippen LogP contribution >= 0.6 is 11.6 Å². The summed E-state index contributed by atoms with van der Waals surface area (Å²) in [5.41, 5.74) is 2.41. The van der Waals surface area contributed by atoms with Gasteiger partial charge in [-0.15, -0.1) is 0 Å². The zero-order valence-corrected chi connectivity index (χ0v) is 13.3. The fourth-order valence-corrected chi connectivity index (χ4v) is 3.26. The summed E-state index contributed by atoms with van der Waals surface area (Å²) in [7, 11) is 0. The summed E-state index contributed by atoms with van der Waals surface area (Å²) in [6.07, 6.45) is 3.50. The molecule has 0 radical (unpaired) electrons. The third-order valence-corrected chi connectivity index (χ3v) is 4.55. The molecule has 0 spiro atoms. The van der Waals surface area contributed by atoms with Gasteiger partial charge in [0.25, 0.3) is 0 Å². The monoisotopic (exact) mass is 313 g/mol. The molecule has 1 aliphatic heterocycles. The number of hydrogen-bond acceptors (Lipinski definition) is 1. The number of carbonyl (C=O) groups is 1. The molecule has 1 aliphatic rings. The van der Waals surface area contributed by atoms with Crippen molar-refractivity contribution in [3.8, 4) is 0 Å². The largest absolute Gasteiger partial charge is 0.336 e. The van der Waals surface area contributed by atoms with E-state index in [9.17, 15) is 4.79 Å². The van der Waals surface area contributed by atoms with Crippen molar-refractivity contribution in [2.24, 2.45) is 0 Å². The molecule has 22 heavy (non-hydrogen) atoms. The summed E-state index contributed by atoms with van der Waals surface area (Å²) in [6.45, 7) is 0.862. The fourth-order valence-electron chi connectivity index (χ4n) is 3.14. The lowest BCUT2D eigenvalue weighted by atomic mass is 10.0. The Morgan fingerprint density at radius 2 is 1.82 bits per heavy atom. The molecule has 2 nitrogen and oxygen atoms in total. The second-order valence-electron chi connectivity index (χ2n) is 5.78. The van der Waals surface area contributed by atoms with Crippen molar-refractivity contribution in [1.82, 2.24) is 4.90 Å². The molecule has 114 valence electrons. The summed E-state index contributed by atoms with van der Waals surface area (Å²) in [5, 5.41) is 0.740. The molecule has 0 unspecified atom stereocenters. The number of aryl methyl sites for hydroxylation is 1. The van der Waals surface area contributed by atoms with Gasteiger partial charge in [0.2, 0.25) is 5.91 Å². The van der Waals surface area contributed by atoms with Crippen molar-refractivity contribution >= 4 is 17.5 Å². The van der Waals surface area contributed by atoms with E-state index in [-0.39, 0.29) is 11.9 Å². The van der Waals surface area contributed by atoms with Crippen molar-refractivity contribution in [1.29, 1.82) is 0 Å². The molecule has 1 atom stereocenters. The number of rotatable bonds is 4. The standard InChI is InChI=1S/C19H20ClNO/c20-17-11-9-16(10-12-17)18-7-4-14-21(18)19(22)13-8-15-5-2-1-3-6-15/h1-3,5-6,9-12,18H,4,7-8,13-14H2/t18-/m0/s1. The van der Waals surface area contributed by atoms with E-state index in [0.29, 0.717) is 6.42 Å². The summed E-state index contributed by atoms with van der Waals surface area (Å²) in [4.78, 5) is 14.6. The molecule has 1 fully saturated rings. The average Bonchev–Trinajstić information content (AvgIpc) is 3.04. The molecule has 1 saturated heterocycles. The van der Waals surface area contributed by atoms with Gasteiger partial charge >= 0.3 is 0 Å². The topological polar surface area (TPSA) is 20.3 Å². The highest BCUT2D eigenvalue weighted by atomic mass is 35.5. The van der Waals surface area contributed by atoms with Crippen molar-refractivity contribution in [2.75, 3.05) is 6.54 Å². The second-order valence-corrected chi connectivity index (χ2v) is 6.22. The van der Waals surface area contributed by atoms with Gasteiger partial charge < -0.3 is 4.90 Å². The van der Waals surface area contributed by atoms with Gasteiger partial charge in [-0.3, -0.25) is 4.79 Å². The van der Waals surface area contributed by atoms with E-state index < -0.39 is 0 Å². The van der Waals surface area contributed by atoms with Gasteiger partial charge in [0.15, 0.2) is 0 Å². The summed E-state index contributed by atoms with van der Waals surface area (Å²) in [5.74, 6) is 0.251. The van der Waals surface area contributed by atoms with Gasteiger partial charge in [0, 0.05) is 18.0 Å². The Bertz CT molecular complexity index is 624. The molecule has 0 aromatic heterocycles. The Balaban J connectivity index is 1.65. The first kappa shape index (κ1) is 15.1. The Labute approximate surface area is 136 Å². The van der Waals surface area contributed by atoms with Gasteiger partial charge in [-0.1, -0.05) is 54.1 Å². The van der Waals surface area contributed by atoms with E-state index in [1.54, 1.807) is 0 Å². The first-order valence-corrected chi connectivity index (χ1v) is 8.21. The Kier molecular flexibility index (Phi) is 4.79. The normalized spacial score (nSPS) is 17.7. The summed E-state index contributed by atoms with van der Waals surface area (Å²) < 4.78 is 0. The molecule has 2 aromatic rings. The van der Waals surface area contributed by atoms with Crippen LogP contribution in [0.3, 0.4) is 0 Å². The quantitative estimate of drug-likeness (QED) is 0.805. The number of halogens is 1. The van der Waals surface area contributed by atoms with Crippen LogP contribution in [-0.2, 0) is 11.2 Å². The number of likely N-dealkylation sites (tertiary alicyclic amines) is 1. The zero-order valence-electron chi connectivity index (χ0n) is 12.5. The Morgan fingerprint density at radius 1 is 1.09 bits per heavy atom. The molecule has 0 N–H and O–H groups in total. The van der Waals surface area contributed by atoms with Crippen molar-refractivity contribution in [3.05, 3.63) is 70.7 Å². The van der Waals surface area contributed by atoms with E-state index in [1.165, 1.54) is 11.1 Å². The summed E-state index contributed by atoms with van der Waals surface area (Å²) in [6, 6.07) is 18.3. The molecule has 2 aromatic carbocycles. The summed E-state index contributed by atoms with van der Waals surface area (Å²) >= 11 is 5.95. The fraction of sp³-hybridized carbons (Fsp3) is 0.316. The first-order valence-electron chi connectivity index (χ1n) is 7.83. The number of carbonyl (C=O) groups excluding carboxylic acids is 1. The predicted octanol–water partition coefficient (Wildman–Crippen LogP) is 4.64. The molecule has 1 amide bonds. The van der Waals surface area contributed by atoms with Gasteiger partial charge in [0.1, 0.15) is 0 Å². The molecular formula is C19H20ClNO. The zero-order chi connectivity index (χ0) is 15.4. The predicted molar refractivity (Wildman–Crippen MR) is 89.9 cm³/mol. The van der Waals surface area contributed by atoms with Gasteiger partial charge in [0.05, 0.1) is 6.04 Å². The smallest absolute Gasteiger partial charge is 0.223 e. The van der Waals surface area contributed by atoms with E-state index in [0.717, 1.165) is 30.8 Å². The maximum Gasteiger partial charge on any atom is 0.223 e. The van der Waals surface area contributed by atoms with E-state index in [2.05, 4.69) is 12.1 Å². The number of amides is 1. The van der Waals surface area contributed by atoms with Gasteiger partial charge in [-0.2, -0.15) is 0 Å². The number of nitrogens with zero attached hydrogens (tertiary/aromatic N) is 1. The van der Waals surface area contributed by atoms with Crippen LogP contribution in [0, 0.1) is 0 Å². The van der Waals surface area contributed by atoms with E-state index in [1.807, 2.05) is 47.4 Å². The molecule has 0 aliphatic carbocycles. The third kappa shape index (κ3) is 3.50. The lowest BCUT2D eigenvalue weighted by Crippen LogP contribution is -2.30. The van der Waals surface area contributed by atoms with Gasteiger partial charge in [-0.05, 0) is 42.5 Å². The van der Waals surface area contributed by atoms with E-state index >= 15 is 0 Å². The van der Waals surface area contributed by atoms with Crippen LogP contribution in [0.2, 0.25) is 5.02 Å². The van der Waals surface area contributed by atoms with Crippen molar-refractivity contribution in [3.63, 3.8) is 0 Å². The highest BCUT2D eigenvalue weighted by Gasteiger charge is 2.29. The number of hydrogen-bond donors (Lipinski definition) is 0. The highest BCUT2D eigenvalue weighted by molar-refractivity contribution is 6.30. The van der Waals surface area contributed by atoms with Crippen molar-refractivity contribution in [2.45, 2.75) is 31.7 Å². The third-order valence-electron chi connectivity index (χ3n) is 4.30. The van der Waals surface area contributed by atoms with Crippen LogP contribution in [0.4, 0.5) is 0 Å². The lowest BCUT2D eigenvalue weighted by molar-refractivity contribution is -0.132.